The smallest absolute Gasteiger partial charge is 0.296 e. The largest absolute Gasteiger partial charge is 0.374 e. The molecule has 0 saturated carbocycles. The second kappa shape index (κ2) is 5.71. The predicted octanol–water partition coefficient (Wildman–Crippen LogP) is 1.51. The third-order valence-electron chi connectivity index (χ3n) is 2.66. The van der Waals surface area contributed by atoms with Crippen LogP contribution in [0.3, 0.4) is 0 Å². The molecule has 1 heterocycles. The minimum Gasteiger partial charge on any atom is -0.374 e. The normalized spacial score (nSPS) is 18.1. The van der Waals surface area contributed by atoms with Gasteiger partial charge in [0.15, 0.2) is 16.8 Å². The van der Waals surface area contributed by atoms with Crippen LogP contribution in [0.5, 0.6) is 0 Å². The highest BCUT2D eigenvalue weighted by molar-refractivity contribution is 7.80. The summed E-state index contributed by atoms with van der Waals surface area (Å²) in [5.41, 5.74) is 5.56. The van der Waals surface area contributed by atoms with Crippen LogP contribution in [0.4, 0.5) is 11.4 Å². The molecule has 2 rings (SSSR count). The molecule has 1 aliphatic heterocycles. The zero-order valence-corrected chi connectivity index (χ0v) is 11.6. The summed E-state index contributed by atoms with van der Waals surface area (Å²) in [4.78, 5) is 22.2. The van der Waals surface area contributed by atoms with Crippen molar-refractivity contribution in [3.05, 3.63) is 34.4 Å². The molecule has 1 aromatic rings. The number of nitro groups is 1. The molecule has 0 aliphatic carbocycles. The van der Waals surface area contributed by atoms with Crippen molar-refractivity contribution >= 4 is 40.3 Å². The van der Waals surface area contributed by atoms with E-state index in [-0.39, 0.29) is 16.5 Å². The fraction of sp³-hybridized carbons (Fsp3) is 0.182. The van der Waals surface area contributed by atoms with Gasteiger partial charge in [0.25, 0.3) is 11.6 Å². The molecule has 2 N–H and O–H groups in total. The molecule has 1 atom stereocenters. The van der Waals surface area contributed by atoms with Gasteiger partial charge in [-0.3, -0.25) is 14.9 Å². The second-order valence-corrected chi connectivity index (χ2v) is 4.51. The Balaban J connectivity index is 2.27. The van der Waals surface area contributed by atoms with Crippen molar-refractivity contribution in [3.63, 3.8) is 0 Å². The Morgan fingerprint density at radius 3 is 2.76 bits per heavy atom. The number of para-hydroxylation sites is 1. The van der Waals surface area contributed by atoms with Crippen molar-refractivity contribution in [2.24, 2.45) is 21.1 Å². The van der Waals surface area contributed by atoms with Crippen molar-refractivity contribution in [2.45, 2.75) is 13.0 Å². The van der Waals surface area contributed by atoms with Crippen LogP contribution in [0.15, 0.2) is 39.6 Å². The molecule has 0 fully saturated rings. The highest BCUT2D eigenvalue weighted by Gasteiger charge is 2.35. The lowest BCUT2D eigenvalue weighted by Gasteiger charge is -2.08. The fourth-order valence-corrected chi connectivity index (χ4v) is 1.80. The number of azo groups is 1. The van der Waals surface area contributed by atoms with Crippen molar-refractivity contribution in [2.75, 3.05) is 0 Å². The Morgan fingerprint density at radius 1 is 1.52 bits per heavy atom. The first-order valence-corrected chi connectivity index (χ1v) is 6.15. The Labute approximate surface area is 124 Å². The molecular formula is C11H10N6O3S. The van der Waals surface area contributed by atoms with E-state index in [0.717, 1.165) is 5.01 Å². The average molecular weight is 306 g/mol. The van der Waals surface area contributed by atoms with E-state index < -0.39 is 16.9 Å². The highest BCUT2D eigenvalue weighted by Crippen LogP contribution is 2.27. The lowest BCUT2D eigenvalue weighted by molar-refractivity contribution is -0.384. The van der Waals surface area contributed by atoms with Crippen LogP contribution in [0.2, 0.25) is 0 Å². The van der Waals surface area contributed by atoms with Gasteiger partial charge in [-0.1, -0.05) is 12.1 Å². The van der Waals surface area contributed by atoms with Gasteiger partial charge in [0.2, 0.25) is 0 Å². The molecule has 9 nitrogen and oxygen atoms in total. The number of carbonyl (C=O) groups excluding carboxylic acids is 1. The Kier molecular flexibility index (Phi) is 3.98. The van der Waals surface area contributed by atoms with Gasteiger partial charge in [-0.15, -0.1) is 5.11 Å². The van der Waals surface area contributed by atoms with E-state index in [1.165, 1.54) is 18.2 Å². The molecule has 0 radical (unpaired) electrons. The van der Waals surface area contributed by atoms with Gasteiger partial charge in [-0.2, -0.15) is 15.2 Å². The fourth-order valence-electron chi connectivity index (χ4n) is 1.67. The summed E-state index contributed by atoms with van der Waals surface area (Å²) >= 11 is 4.69. The number of hydrogen-bond acceptors (Lipinski definition) is 7. The molecule has 108 valence electrons. The lowest BCUT2D eigenvalue weighted by atomic mass is 10.2. The second-order valence-electron chi connectivity index (χ2n) is 4.09. The van der Waals surface area contributed by atoms with E-state index in [4.69, 9.17) is 5.73 Å². The van der Waals surface area contributed by atoms with Crippen molar-refractivity contribution in [1.29, 1.82) is 0 Å². The van der Waals surface area contributed by atoms with E-state index in [2.05, 4.69) is 27.5 Å². The van der Waals surface area contributed by atoms with Crippen LogP contribution in [-0.2, 0) is 4.79 Å². The maximum Gasteiger partial charge on any atom is 0.296 e. The molecule has 0 spiro atoms. The van der Waals surface area contributed by atoms with E-state index in [1.54, 1.807) is 13.0 Å². The van der Waals surface area contributed by atoms with E-state index >= 15 is 0 Å². The standard InChI is InChI=1S/C11H10N6O3S/c1-6-9(10(18)16(15-6)11(12)21)14-13-7-4-2-3-5-8(7)17(19)20/h2-5,9H,1H3,(H2,12,21). The maximum atomic E-state index is 12.0. The van der Waals surface area contributed by atoms with Crippen LogP contribution in [-0.4, -0.2) is 32.7 Å². The third-order valence-corrected chi connectivity index (χ3v) is 2.84. The van der Waals surface area contributed by atoms with Crippen LogP contribution < -0.4 is 5.73 Å². The molecule has 10 heteroatoms. The van der Waals surface area contributed by atoms with Gasteiger partial charge in [-0.25, -0.2) is 0 Å². The lowest BCUT2D eigenvalue weighted by Crippen LogP contribution is -2.37. The summed E-state index contributed by atoms with van der Waals surface area (Å²) in [6.07, 6.45) is 0. The number of benzene rings is 1. The first-order valence-electron chi connectivity index (χ1n) is 5.74. The zero-order valence-electron chi connectivity index (χ0n) is 10.8. The van der Waals surface area contributed by atoms with Gasteiger partial charge in [0.1, 0.15) is 0 Å². The number of thiocarbonyl (C=S) groups is 1. The minimum atomic E-state index is -0.980. The van der Waals surface area contributed by atoms with Gasteiger partial charge in [0.05, 0.1) is 10.6 Å². The minimum absolute atomic E-state index is 0.0527. The Bertz CT molecular complexity index is 686. The summed E-state index contributed by atoms with van der Waals surface area (Å²) in [6, 6.07) is 4.84. The monoisotopic (exact) mass is 306 g/mol. The highest BCUT2D eigenvalue weighted by atomic mass is 32.1. The Morgan fingerprint density at radius 2 is 2.19 bits per heavy atom. The summed E-state index contributed by atoms with van der Waals surface area (Å²) in [5, 5.41) is 23.0. The van der Waals surface area contributed by atoms with Crippen LogP contribution in [0, 0.1) is 10.1 Å². The Hall–Kier alpha value is -2.75. The number of amides is 1. The number of rotatable bonds is 3. The molecular weight excluding hydrogens is 296 g/mol. The summed E-state index contributed by atoms with van der Waals surface area (Å²) in [5.74, 6) is -0.540. The van der Waals surface area contributed by atoms with Gasteiger partial charge in [0, 0.05) is 6.07 Å². The molecule has 1 aromatic carbocycles. The number of hydrazone groups is 1. The van der Waals surface area contributed by atoms with Crippen molar-refractivity contribution in [1.82, 2.24) is 5.01 Å². The first kappa shape index (κ1) is 14.7. The van der Waals surface area contributed by atoms with E-state index in [9.17, 15) is 14.9 Å². The predicted molar refractivity (Wildman–Crippen MR) is 78.1 cm³/mol. The van der Waals surface area contributed by atoms with Crippen LogP contribution in [0.1, 0.15) is 6.92 Å². The van der Waals surface area contributed by atoms with Crippen molar-refractivity contribution < 1.29 is 9.72 Å². The third kappa shape index (κ3) is 2.89. The van der Waals surface area contributed by atoms with Gasteiger partial charge in [-0.05, 0) is 25.2 Å². The number of nitrogens with zero attached hydrogens (tertiary/aromatic N) is 5. The van der Waals surface area contributed by atoms with Crippen LogP contribution in [0.25, 0.3) is 0 Å². The number of hydrogen-bond donors (Lipinski definition) is 1. The van der Waals surface area contributed by atoms with E-state index in [0.29, 0.717) is 5.71 Å². The molecule has 0 aromatic heterocycles. The quantitative estimate of drug-likeness (QED) is 0.392. The zero-order chi connectivity index (χ0) is 15.6. The van der Waals surface area contributed by atoms with E-state index in [1.807, 2.05) is 0 Å². The maximum absolute atomic E-state index is 12.0. The molecule has 1 unspecified atom stereocenters. The summed E-state index contributed by atoms with van der Waals surface area (Å²) in [6.45, 7) is 1.57. The van der Waals surface area contributed by atoms with Crippen molar-refractivity contribution in [3.8, 4) is 0 Å². The number of carbonyl (C=O) groups is 1. The number of nitro benzene ring substituents is 1. The molecule has 21 heavy (non-hydrogen) atoms. The molecule has 1 aliphatic rings. The molecule has 1 amide bonds. The number of nitrogens with two attached hydrogens (primary N) is 1. The topological polar surface area (TPSA) is 127 Å². The molecule has 0 bridgehead atoms. The molecule has 0 saturated heterocycles. The first-order chi connectivity index (χ1) is 9.91. The summed E-state index contributed by atoms with van der Waals surface area (Å²) in [7, 11) is 0. The SMILES string of the molecule is CC1=NN(C(N)=S)C(=O)C1N=Nc1ccccc1[N+](=O)[O-]. The van der Waals surface area contributed by atoms with Gasteiger partial charge >= 0.3 is 0 Å². The van der Waals surface area contributed by atoms with Crippen LogP contribution >= 0.6 is 12.2 Å². The average Bonchev–Trinajstić information content (AvgIpc) is 2.72. The summed E-state index contributed by atoms with van der Waals surface area (Å²) < 4.78 is 0. The van der Waals surface area contributed by atoms with Gasteiger partial charge < -0.3 is 5.73 Å².